The van der Waals surface area contributed by atoms with Crippen molar-refractivity contribution in [3.8, 4) is 0 Å². The molecule has 25 heavy (non-hydrogen) atoms. The molecule has 1 aromatic carbocycles. The summed E-state index contributed by atoms with van der Waals surface area (Å²) in [5.41, 5.74) is -0.169. The smallest absolute Gasteiger partial charge is 0.411 e. The molecular weight excluding hydrogens is 324 g/mol. The van der Waals surface area contributed by atoms with E-state index in [0.29, 0.717) is 5.69 Å². The van der Waals surface area contributed by atoms with Crippen molar-refractivity contribution in [3.05, 3.63) is 29.8 Å². The third kappa shape index (κ3) is 2.83. The first-order valence-corrected chi connectivity index (χ1v) is 8.16. The second-order valence-electron chi connectivity index (χ2n) is 7.43. The molecule has 1 saturated heterocycles. The number of methoxy groups -OCH3 is 1. The molecule has 0 radical (unpaired) electrons. The van der Waals surface area contributed by atoms with Crippen molar-refractivity contribution in [1.82, 2.24) is 4.90 Å². The summed E-state index contributed by atoms with van der Waals surface area (Å²) in [7, 11) is 1.27. The molecule has 2 aliphatic rings. The fourth-order valence-electron chi connectivity index (χ4n) is 3.50. The van der Waals surface area contributed by atoms with Crippen molar-refractivity contribution >= 4 is 23.7 Å². The number of hydrogen-bond acceptors (Lipinski definition) is 5. The van der Waals surface area contributed by atoms with Crippen LogP contribution in [-0.4, -0.2) is 48.2 Å². The van der Waals surface area contributed by atoms with Gasteiger partial charge in [0, 0.05) is 12.2 Å². The highest BCUT2D eigenvalue weighted by molar-refractivity contribution is 6.07. The van der Waals surface area contributed by atoms with Crippen LogP contribution in [0.5, 0.6) is 0 Å². The second kappa shape index (κ2) is 5.75. The Hall–Kier alpha value is -2.57. The van der Waals surface area contributed by atoms with Gasteiger partial charge in [0.05, 0.1) is 12.5 Å². The van der Waals surface area contributed by atoms with Gasteiger partial charge in [-0.3, -0.25) is 9.69 Å². The molecule has 0 bridgehead atoms. The highest BCUT2D eigenvalue weighted by Crippen LogP contribution is 2.46. The Kier molecular flexibility index (Phi) is 3.97. The zero-order chi connectivity index (χ0) is 18.4. The maximum absolute atomic E-state index is 12.7. The highest BCUT2D eigenvalue weighted by atomic mass is 16.6. The fourth-order valence-corrected chi connectivity index (χ4v) is 3.50. The van der Waals surface area contributed by atoms with E-state index in [9.17, 15) is 14.4 Å². The summed E-state index contributed by atoms with van der Waals surface area (Å²) >= 11 is 0. The molecule has 1 fully saturated rings. The summed E-state index contributed by atoms with van der Waals surface area (Å²) in [6, 6.07) is 6.46. The SMILES string of the molecule is COC(=O)[C@@H]1C[C@]2(CN1C(=O)OC(C)(C)C)C(=O)Nc1ccccc12. The zero-order valence-corrected chi connectivity index (χ0v) is 14.8. The number of nitrogens with zero attached hydrogens (tertiary/aromatic N) is 1. The highest BCUT2D eigenvalue weighted by Gasteiger charge is 2.58. The molecule has 0 aromatic heterocycles. The molecule has 1 N–H and O–H groups in total. The summed E-state index contributed by atoms with van der Waals surface area (Å²) in [6.45, 7) is 5.33. The summed E-state index contributed by atoms with van der Waals surface area (Å²) in [6.07, 6.45) is -0.459. The van der Waals surface area contributed by atoms with Gasteiger partial charge >= 0.3 is 12.1 Å². The van der Waals surface area contributed by atoms with Crippen molar-refractivity contribution in [2.45, 2.75) is 44.2 Å². The van der Waals surface area contributed by atoms with E-state index in [2.05, 4.69) is 5.32 Å². The minimum absolute atomic E-state index is 0.0739. The molecule has 3 rings (SSSR count). The lowest BCUT2D eigenvalue weighted by Crippen LogP contribution is -2.44. The lowest BCUT2D eigenvalue weighted by atomic mass is 9.79. The molecule has 1 spiro atoms. The van der Waals surface area contributed by atoms with Crippen LogP contribution >= 0.6 is 0 Å². The van der Waals surface area contributed by atoms with Gasteiger partial charge in [-0.25, -0.2) is 9.59 Å². The number of likely N-dealkylation sites (tertiary alicyclic amines) is 1. The molecule has 0 unspecified atom stereocenters. The average molecular weight is 346 g/mol. The Labute approximate surface area is 146 Å². The van der Waals surface area contributed by atoms with Gasteiger partial charge in [-0.1, -0.05) is 18.2 Å². The van der Waals surface area contributed by atoms with Crippen LogP contribution in [0.15, 0.2) is 24.3 Å². The molecule has 0 saturated carbocycles. The van der Waals surface area contributed by atoms with Gasteiger partial charge in [-0.15, -0.1) is 0 Å². The first kappa shape index (κ1) is 17.3. The van der Waals surface area contributed by atoms with Gasteiger partial charge in [0.1, 0.15) is 11.6 Å². The predicted molar refractivity (Wildman–Crippen MR) is 90.1 cm³/mol. The molecule has 2 amide bonds. The van der Waals surface area contributed by atoms with Crippen LogP contribution in [0.1, 0.15) is 32.8 Å². The molecule has 2 atom stereocenters. The number of benzene rings is 1. The Morgan fingerprint density at radius 3 is 2.60 bits per heavy atom. The van der Waals surface area contributed by atoms with Crippen molar-refractivity contribution in [3.63, 3.8) is 0 Å². The number of nitrogens with one attached hydrogen (secondary N) is 1. The van der Waals surface area contributed by atoms with Crippen molar-refractivity contribution in [2.24, 2.45) is 0 Å². The maximum Gasteiger partial charge on any atom is 0.411 e. The van der Waals surface area contributed by atoms with E-state index in [-0.39, 0.29) is 18.9 Å². The number of anilines is 1. The molecule has 2 heterocycles. The standard InChI is InChI=1S/C18H22N2O5/c1-17(2,3)25-16(23)20-10-18(9-13(20)14(21)24-4)11-7-5-6-8-12(11)19-15(18)22/h5-8,13H,9-10H2,1-4H3,(H,19,22)/t13-,18+/m0/s1. The monoisotopic (exact) mass is 346 g/mol. The zero-order valence-electron chi connectivity index (χ0n) is 14.8. The first-order valence-electron chi connectivity index (χ1n) is 8.16. The molecule has 1 aromatic rings. The summed E-state index contributed by atoms with van der Waals surface area (Å²) < 4.78 is 10.3. The van der Waals surface area contributed by atoms with Gasteiger partial charge in [0.15, 0.2) is 0 Å². The second-order valence-corrected chi connectivity index (χ2v) is 7.43. The Bertz CT molecular complexity index is 739. The number of ether oxygens (including phenoxy) is 2. The molecule has 134 valence electrons. The van der Waals surface area contributed by atoms with Crippen molar-refractivity contribution < 1.29 is 23.9 Å². The summed E-state index contributed by atoms with van der Waals surface area (Å²) in [5.74, 6) is -0.770. The Morgan fingerprint density at radius 2 is 1.96 bits per heavy atom. The number of esters is 1. The average Bonchev–Trinajstić information content (AvgIpc) is 3.06. The largest absolute Gasteiger partial charge is 0.467 e. The fraction of sp³-hybridized carbons (Fsp3) is 0.500. The van der Waals surface area contributed by atoms with Gasteiger partial charge in [0.2, 0.25) is 5.91 Å². The van der Waals surface area contributed by atoms with Crippen LogP contribution < -0.4 is 5.32 Å². The number of carbonyl (C=O) groups is 3. The topological polar surface area (TPSA) is 84.9 Å². The molecule has 7 heteroatoms. The number of fused-ring (bicyclic) bond motifs is 2. The van der Waals surface area contributed by atoms with E-state index >= 15 is 0 Å². The molecular formula is C18H22N2O5. The number of para-hydroxylation sites is 1. The van der Waals surface area contributed by atoms with Gasteiger partial charge in [0.25, 0.3) is 0 Å². The van der Waals surface area contributed by atoms with Crippen LogP contribution in [0.25, 0.3) is 0 Å². The minimum atomic E-state index is -0.966. The van der Waals surface area contributed by atoms with Gasteiger partial charge in [-0.05, 0) is 38.8 Å². The Balaban J connectivity index is 1.99. The third-order valence-electron chi connectivity index (χ3n) is 4.59. The van der Waals surface area contributed by atoms with Crippen molar-refractivity contribution in [2.75, 3.05) is 19.0 Å². The van der Waals surface area contributed by atoms with E-state index in [1.54, 1.807) is 20.8 Å². The number of rotatable bonds is 1. The first-order chi connectivity index (χ1) is 11.7. The summed E-state index contributed by atoms with van der Waals surface area (Å²) in [4.78, 5) is 38.9. The number of amides is 2. The van der Waals surface area contributed by atoms with Crippen LogP contribution in [-0.2, 0) is 24.5 Å². The van der Waals surface area contributed by atoms with Crippen LogP contribution in [0.4, 0.5) is 10.5 Å². The predicted octanol–water partition coefficient (Wildman–Crippen LogP) is 2.06. The van der Waals surface area contributed by atoms with Crippen LogP contribution in [0.3, 0.4) is 0 Å². The molecule has 0 aliphatic carbocycles. The van der Waals surface area contributed by atoms with Gasteiger partial charge < -0.3 is 14.8 Å². The van der Waals surface area contributed by atoms with E-state index in [1.807, 2.05) is 24.3 Å². The number of hydrogen-bond donors (Lipinski definition) is 1. The van der Waals surface area contributed by atoms with Crippen LogP contribution in [0.2, 0.25) is 0 Å². The van der Waals surface area contributed by atoms with E-state index in [1.165, 1.54) is 12.0 Å². The van der Waals surface area contributed by atoms with Gasteiger partial charge in [-0.2, -0.15) is 0 Å². The Morgan fingerprint density at radius 1 is 1.28 bits per heavy atom. The lowest BCUT2D eigenvalue weighted by Gasteiger charge is -2.27. The van der Waals surface area contributed by atoms with E-state index in [4.69, 9.17) is 9.47 Å². The normalized spacial score (nSPS) is 24.9. The van der Waals surface area contributed by atoms with E-state index < -0.39 is 29.1 Å². The third-order valence-corrected chi connectivity index (χ3v) is 4.59. The van der Waals surface area contributed by atoms with E-state index in [0.717, 1.165) is 5.56 Å². The minimum Gasteiger partial charge on any atom is -0.467 e. The molecule has 2 aliphatic heterocycles. The summed E-state index contributed by atoms with van der Waals surface area (Å²) in [5, 5.41) is 2.85. The quantitative estimate of drug-likeness (QED) is 0.787. The number of carbonyl (C=O) groups excluding carboxylic acids is 3. The van der Waals surface area contributed by atoms with Crippen molar-refractivity contribution in [1.29, 1.82) is 0 Å². The van der Waals surface area contributed by atoms with Crippen LogP contribution in [0, 0.1) is 0 Å². The lowest BCUT2D eigenvalue weighted by molar-refractivity contribution is -0.145. The maximum atomic E-state index is 12.7. The molecule has 7 nitrogen and oxygen atoms in total.